The Morgan fingerprint density at radius 3 is 2.86 bits per heavy atom. The van der Waals surface area contributed by atoms with Crippen molar-refractivity contribution in [2.24, 2.45) is 5.73 Å². The van der Waals surface area contributed by atoms with Gasteiger partial charge in [-0.3, -0.25) is 0 Å². The van der Waals surface area contributed by atoms with Gasteiger partial charge in [0.15, 0.2) is 6.61 Å². The number of nitrogens with two attached hydrogens (primary N) is 1. The molecule has 0 spiro atoms. The van der Waals surface area contributed by atoms with Gasteiger partial charge in [-0.1, -0.05) is 6.07 Å². The van der Waals surface area contributed by atoms with Crippen molar-refractivity contribution < 1.29 is 9.13 Å². The Morgan fingerprint density at radius 1 is 1.64 bits per heavy atom. The van der Waals surface area contributed by atoms with E-state index >= 15 is 0 Å². The van der Waals surface area contributed by atoms with Gasteiger partial charge in [0.05, 0.1) is 0 Å². The van der Waals surface area contributed by atoms with Crippen molar-refractivity contribution in [2.75, 3.05) is 6.61 Å². The lowest BCUT2D eigenvalue weighted by atomic mass is 10.1. The second-order valence-corrected chi connectivity index (χ2v) is 2.92. The van der Waals surface area contributed by atoms with Gasteiger partial charge in [-0.25, -0.2) is 4.39 Å². The highest BCUT2D eigenvalue weighted by Crippen LogP contribution is 2.20. The fourth-order valence-electron chi connectivity index (χ4n) is 1.08. The van der Waals surface area contributed by atoms with E-state index in [1.165, 1.54) is 6.07 Å². The van der Waals surface area contributed by atoms with Crippen LogP contribution in [0.25, 0.3) is 0 Å². The van der Waals surface area contributed by atoms with Crippen molar-refractivity contribution in [3.8, 4) is 11.8 Å². The number of nitrogens with zero attached hydrogens (tertiary/aromatic N) is 1. The summed E-state index contributed by atoms with van der Waals surface area (Å²) in [5.41, 5.74) is 5.97. The van der Waals surface area contributed by atoms with E-state index in [9.17, 15) is 4.39 Å². The minimum Gasteiger partial charge on any atom is -0.479 e. The molecule has 1 aromatic carbocycles. The van der Waals surface area contributed by atoms with Gasteiger partial charge in [-0.05, 0) is 13.0 Å². The van der Waals surface area contributed by atoms with Crippen molar-refractivity contribution >= 4 is 0 Å². The number of benzene rings is 1. The zero-order chi connectivity index (χ0) is 10.6. The molecule has 0 bridgehead atoms. The molecule has 0 aliphatic heterocycles. The van der Waals surface area contributed by atoms with E-state index in [1.807, 2.05) is 0 Å². The normalized spacial score (nSPS) is 11.9. The van der Waals surface area contributed by atoms with Crippen LogP contribution in [-0.4, -0.2) is 6.61 Å². The summed E-state index contributed by atoms with van der Waals surface area (Å²) >= 11 is 0. The fourth-order valence-corrected chi connectivity index (χ4v) is 1.08. The van der Waals surface area contributed by atoms with Crippen LogP contribution >= 0.6 is 0 Å². The van der Waals surface area contributed by atoms with Gasteiger partial charge in [-0.15, -0.1) is 0 Å². The molecule has 1 atom stereocenters. The van der Waals surface area contributed by atoms with E-state index < -0.39 is 5.82 Å². The second kappa shape index (κ2) is 4.58. The molecule has 0 aliphatic carbocycles. The number of hydrogen-bond acceptors (Lipinski definition) is 3. The van der Waals surface area contributed by atoms with Crippen LogP contribution in [0.4, 0.5) is 4.39 Å². The molecule has 0 heterocycles. The van der Waals surface area contributed by atoms with Crippen LogP contribution in [0.1, 0.15) is 18.5 Å². The minimum atomic E-state index is -0.407. The van der Waals surface area contributed by atoms with E-state index in [1.54, 1.807) is 25.1 Å². The quantitative estimate of drug-likeness (QED) is 0.797. The molecule has 4 heteroatoms. The second-order valence-electron chi connectivity index (χ2n) is 2.92. The lowest BCUT2D eigenvalue weighted by molar-refractivity contribution is 0.365. The Labute approximate surface area is 81.9 Å². The van der Waals surface area contributed by atoms with Crippen LogP contribution in [0, 0.1) is 17.1 Å². The Morgan fingerprint density at radius 2 is 2.36 bits per heavy atom. The molecule has 0 aromatic heterocycles. The highest BCUT2D eigenvalue weighted by atomic mass is 19.1. The van der Waals surface area contributed by atoms with Crippen molar-refractivity contribution in [1.29, 1.82) is 5.26 Å². The lowest BCUT2D eigenvalue weighted by Crippen LogP contribution is -2.07. The highest BCUT2D eigenvalue weighted by Gasteiger charge is 2.07. The number of halogens is 1. The molecule has 0 fully saturated rings. The number of hydrogen-bond donors (Lipinski definition) is 1. The van der Waals surface area contributed by atoms with Crippen molar-refractivity contribution in [3.63, 3.8) is 0 Å². The summed E-state index contributed by atoms with van der Waals surface area (Å²) in [7, 11) is 0. The van der Waals surface area contributed by atoms with Crippen LogP contribution in [-0.2, 0) is 0 Å². The zero-order valence-electron chi connectivity index (χ0n) is 7.83. The summed E-state index contributed by atoms with van der Waals surface area (Å²) in [5, 5.41) is 8.25. The predicted octanol–water partition coefficient (Wildman–Crippen LogP) is 1.75. The molecule has 1 rings (SSSR count). The van der Waals surface area contributed by atoms with Gasteiger partial charge in [0.2, 0.25) is 0 Å². The predicted molar refractivity (Wildman–Crippen MR) is 50.1 cm³/mol. The van der Waals surface area contributed by atoms with Gasteiger partial charge in [-0.2, -0.15) is 5.26 Å². The summed E-state index contributed by atoms with van der Waals surface area (Å²) in [6.45, 7) is 1.62. The highest BCUT2D eigenvalue weighted by molar-refractivity contribution is 5.30. The maximum Gasteiger partial charge on any atom is 0.174 e. The Balaban J connectivity index is 2.85. The van der Waals surface area contributed by atoms with Crippen molar-refractivity contribution in [1.82, 2.24) is 0 Å². The molecule has 14 heavy (non-hydrogen) atoms. The molecular formula is C10H11FN2O. The first kappa shape index (κ1) is 10.5. The summed E-state index contributed by atoms with van der Waals surface area (Å²) in [6, 6.07) is 5.85. The third kappa shape index (κ3) is 2.44. The first-order valence-corrected chi connectivity index (χ1v) is 4.20. The van der Waals surface area contributed by atoms with Crippen LogP contribution in [0.3, 0.4) is 0 Å². The molecule has 1 aromatic rings. The standard InChI is InChI=1S/C10H11FN2O/c1-7(13)9-3-2-8(6-10(9)11)14-5-4-12/h2-3,6-7H,5,13H2,1H3/t7-/m0/s1. The molecule has 0 unspecified atom stereocenters. The summed E-state index contributed by atoms with van der Waals surface area (Å²) < 4.78 is 18.2. The maximum absolute atomic E-state index is 13.3. The fraction of sp³-hybridized carbons (Fsp3) is 0.300. The Kier molecular flexibility index (Phi) is 3.43. The molecular weight excluding hydrogens is 183 g/mol. The zero-order valence-corrected chi connectivity index (χ0v) is 7.83. The topological polar surface area (TPSA) is 59.0 Å². The van der Waals surface area contributed by atoms with Gasteiger partial charge < -0.3 is 10.5 Å². The number of ether oxygens (including phenoxy) is 1. The largest absolute Gasteiger partial charge is 0.479 e. The Hall–Kier alpha value is -1.60. The van der Waals surface area contributed by atoms with Crippen molar-refractivity contribution in [3.05, 3.63) is 29.6 Å². The summed E-state index contributed by atoms with van der Waals surface area (Å²) in [5.74, 6) is -0.0658. The molecule has 0 saturated heterocycles. The SMILES string of the molecule is C[C@H](N)c1ccc(OCC#N)cc1F. The molecule has 0 saturated carbocycles. The van der Waals surface area contributed by atoms with Gasteiger partial charge >= 0.3 is 0 Å². The lowest BCUT2D eigenvalue weighted by Gasteiger charge is -2.08. The van der Waals surface area contributed by atoms with E-state index in [2.05, 4.69) is 0 Å². The first-order chi connectivity index (χ1) is 6.65. The van der Waals surface area contributed by atoms with Gasteiger partial charge in [0.1, 0.15) is 17.6 Å². The van der Waals surface area contributed by atoms with Crippen LogP contribution in [0.5, 0.6) is 5.75 Å². The molecule has 3 nitrogen and oxygen atoms in total. The molecule has 2 N–H and O–H groups in total. The average Bonchev–Trinajstić information content (AvgIpc) is 2.14. The summed E-state index contributed by atoms with van der Waals surface area (Å²) in [6.07, 6.45) is 0. The maximum atomic E-state index is 13.3. The van der Waals surface area contributed by atoms with E-state index in [-0.39, 0.29) is 12.6 Å². The van der Waals surface area contributed by atoms with E-state index in [0.717, 1.165) is 0 Å². The summed E-state index contributed by atoms with van der Waals surface area (Å²) in [4.78, 5) is 0. The Bertz CT molecular complexity index is 358. The average molecular weight is 194 g/mol. The first-order valence-electron chi connectivity index (χ1n) is 4.20. The number of nitriles is 1. The van der Waals surface area contributed by atoms with E-state index in [4.69, 9.17) is 15.7 Å². The van der Waals surface area contributed by atoms with E-state index in [0.29, 0.717) is 11.3 Å². The monoisotopic (exact) mass is 194 g/mol. The van der Waals surface area contributed by atoms with Crippen LogP contribution in [0.15, 0.2) is 18.2 Å². The van der Waals surface area contributed by atoms with Crippen molar-refractivity contribution in [2.45, 2.75) is 13.0 Å². The smallest absolute Gasteiger partial charge is 0.174 e. The third-order valence-electron chi connectivity index (χ3n) is 1.77. The minimum absolute atomic E-state index is 0.0863. The molecule has 0 amide bonds. The molecule has 0 aliphatic rings. The number of rotatable bonds is 3. The van der Waals surface area contributed by atoms with Gasteiger partial charge in [0.25, 0.3) is 0 Å². The molecule has 0 radical (unpaired) electrons. The van der Waals surface area contributed by atoms with Crippen LogP contribution in [0.2, 0.25) is 0 Å². The molecule has 74 valence electrons. The van der Waals surface area contributed by atoms with Gasteiger partial charge in [0, 0.05) is 17.7 Å². The third-order valence-corrected chi connectivity index (χ3v) is 1.77. The van der Waals surface area contributed by atoms with Crippen LogP contribution < -0.4 is 10.5 Å².